The van der Waals surface area contributed by atoms with Crippen molar-refractivity contribution in [3.05, 3.63) is 66.1 Å². The van der Waals surface area contributed by atoms with Crippen LogP contribution in [-0.4, -0.2) is 28.0 Å². The third-order valence-corrected chi connectivity index (χ3v) is 4.08. The van der Waals surface area contributed by atoms with Gasteiger partial charge >= 0.3 is 11.8 Å². The first kappa shape index (κ1) is 17.6. The van der Waals surface area contributed by atoms with Gasteiger partial charge in [0.1, 0.15) is 5.82 Å². The molecule has 7 heteroatoms. The first-order chi connectivity index (χ1) is 12.5. The summed E-state index contributed by atoms with van der Waals surface area (Å²) in [6, 6.07) is 12.9. The second-order valence-corrected chi connectivity index (χ2v) is 5.90. The summed E-state index contributed by atoms with van der Waals surface area (Å²) in [5, 5.41) is 15.7. The van der Waals surface area contributed by atoms with Crippen LogP contribution in [0.3, 0.4) is 0 Å². The number of fused-ring (bicyclic) bond motifs is 1. The Balaban J connectivity index is 1.59. The van der Waals surface area contributed by atoms with Crippen molar-refractivity contribution in [2.75, 3.05) is 11.9 Å². The second kappa shape index (κ2) is 7.37. The SMILES string of the molecule is Cn1ccc2cc(C(O)CNC(=O)C(=O)Nc3ccccc3F)ccc21. The van der Waals surface area contributed by atoms with Crippen molar-refractivity contribution in [1.82, 2.24) is 9.88 Å². The predicted octanol–water partition coefficient (Wildman–Crippen LogP) is 2.11. The molecule has 134 valence electrons. The fourth-order valence-corrected chi connectivity index (χ4v) is 2.64. The average molecular weight is 355 g/mol. The number of nitrogens with zero attached hydrogens (tertiary/aromatic N) is 1. The molecular weight excluding hydrogens is 337 g/mol. The topological polar surface area (TPSA) is 83.4 Å². The maximum Gasteiger partial charge on any atom is 0.313 e. The highest BCUT2D eigenvalue weighted by Gasteiger charge is 2.17. The number of carbonyl (C=O) groups excluding carboxylic acids is 2. The van der Waals surface area contributed by atoms with Crippen LogP contribution < -0.4 is 10.6 Å². The van der Waals surface area contributed by atoms with Gasteiger partial charge in [-0.3, -0.25) is 9.59 Å². The number of aryl methyl sites for hydroxylation is 1. The van der Waals surface area contributed by atoms with E-state index in [9.17, 15) is 19.1 Å². The highest BCUT2D eigenvalue weighted by atomic mass is 19.1. The fraction of sp³-hybridized carbons (Fsp3) is 0.158. The van der Waals surface area contributed by atoms with Gasteiger partial charge in [0.05, 0.1) is 11.8 Å². The zero-order valence-electron chi connectivity index (χ0n) is 14.1. The largest absolute Gasteiger partial charge is 0.387 e. The van der Waals surface area contributed by atoms with E-state index in [1.807, 2.05) is 36.0 Å². The Bertz CT molecular complexity index is 968. The van der Waals surface area contributed by atoms with Crippen molar-refractivity contribution in [3.63, 3.8) is 0 Å². The number of hydrogen-bond acceptors (Lipinski definition) is 3. The third kappa shape index (κ3) is 3.73. The van der Waals surface area contributed by atoms with E-state index in [1.54, 1.807) is 12.1 Å². The van der Waals surface area contributed by atoms with Crippen LogP contribution in [0.2, 0.25) is 0 Å². The maximum absolute atomic E-state index is 13.5. The van der Waals surface area contributed by atoms with Crippen molar-refractivity contribution in [2.24, 2.45) is 7.05 Å². The molecular formula is C19H18FN3O3. The fourth-order valence-electron chi connectivity index (χ4n) is 2.64. The Labute approximate surface area is 149 Å². The number of benzene rings is 2. The molecule has 3 N–H and O–H groups in total. The minimum absolute atomic E-state index is 0.0808. The summed E-state index contributed by atoms with van der Waals surface area (Å²) < 4.78 is 15.4. The summed E-state index contributed by atoms with van der Waals surface area (Å²) in [5.74, 6) is -2.58. The number of hydrogen-bond donors (Lipinski definition) is 3. The lowest BCUT2D eigenvalue weighted by atomic mass is 10.1. The second-order valence-electron chi connectivity index (χ2n) is 5.90. The number of aliphatic hydroxyl groups is 1. The number of carbonyl (C=O) groups is 2. The van der Waals surface area contributed by atoms with Crippen molar-refractivity contribution in [3.8, 4) is 0 Å². The molecule has 2 aromatic carbocycles. The van der Waals surface area contributed by atoms with Crippen molar-refractivity contribution in [1.29, 1.82) is 0 Å². The molecule has 1 aromatic heterocycles. The average Bonchev–Trinajstić information content (AvgIpc) is 3.01. The predicted molar refractivity (Wildman–Crippen MR) is 95.9 cm³/mol. The number of amides is 2. The number of aliphatic hydroxyl groups excluding tert-OH is 1. The summed E-state index contributed by atoms with van der Waals surface area (Å²) in [4.78, 5) is 23.7. The maximum atomic E-state index is 13.5. The van der Waals surface area contributed by atoms with E-state index in [1.165, 1.54) is 18.2 Å². The van der Waals surface area contributed by atoms with Crippen molar-refractivity contribution >= 4 is 28.4 Å². The van der Waals surface area contributed by atoms with E-state index in [0.717, 1.165) is 10.9 Å². The van der Waals surface area contributed by atoms with Crippen LogP contribution >= 0.6 is 0 Å². The zero-order valence-corrected chi connectivity index (χ0v) is 14.1. The van der Waals surface area contributed by atoms with E-state index in [2.05, 4.69) is 10.6 Å². The van der Waals surface area contributed by atoms with Crippen LogP contribution in [0.25, 0.3) is 10.9 Å². The molecule has 6 nitrogen and oxygen atoms in total. The van der Waals surface area contributed by atoms with Gasteiger partial charge in [-0.05, 0) is 41.3 Å². The highest BCUT2D eigenvalue weighted by molar-refractivity contribution is 6.39. The molecule has 1 heterocycles. The molecule has 0 fully saturated rings. The van der Waals surface area contributed by atoms with Gasteiger partial charge in [-0.1, -0.05) is 18.2 Å². The molecule has 26 heavy (non-hydrogen) atoms. The Hall–Kier alpha value is -3.19. The van der Waals surface area contributed by atoms with Gasteiger partial charge in [0.15, 0.2) is 0 Å². The minimum atomic E-state index is -0.999. The first-order valence-electron chi connectivity index (χ1n) is 8.02. The lowest BCUT2D eigenvalue weighted by Crippen LogP contribution is -2.37. The molecule has 0 radical (unpaired) electrons. The van der Waals surface area contributed by atoms with Gasteiger partial charge < -0.3 is 20.3 Å². The van der Waals surface area contributed by atoms with Crippen LogP contribution in [0.1, 0.15) is 11.7 Å². The Morgan fingerprint density at radius 3 is 2.69 bits per heavy atom. The number of para-hydroxylation sites is 1. The van der Waals surface area contributed by atoms with Gasteiger partial charge in [-0.2, -0.15) is 0 Å². The third-order valence-electron chi connectivity index (χ3n) is 4.08. The molecule has 0 bridgehead atoms. The zero-order chi connectivity index (χ0) is 18.7. The van der Waals surface area contributed by atoms with Crippen LogP contribution in [0.5, 0.6) is 0 Å². The number of aromatic nitrogens is 1. The van der Waals surface area contributed by atoms with E-state index in [0.29, 0.717) is 5.56 Å². The number of halogens is 1. The highest BCUT2D eigenvalue weighted by Crippen LogP contribution is 2.20. The van der Waals surface area contributed by atoms with E-state index < -0.39 is 23.7 Å². The molecule has 3 aromatic rings. The molecule has 1 atom stereocenters. The molecule has 0 aliphatic rings. The molecule has 0 aliphatic heterocycles. The van der Waals surface area contributed by atoms with Crippen LogP contribution in [0.4, 0.5) is 10.1 Å². The summed E-state index contributed by atoms with van der Waals surface area (Å²) in [6.07, 6.45) is 0.945. The molecule has 1 unspecified atom stereocenters. The van der Waals surface area contributed by atoms with E-state index in [4.69, 9.17) is 0 Å². The summed E-state index contributed by atoms with van der Waals surface area (Å²) in [5.41, 5.74) is 1.57. The summed E-state index contributed by atoms with van der Waals surface area (Å²) in [6.45, 7) is -0.137. The summed E-state index contributed by atoms with van der Waals surface area (Å²) >= 11 is 0. The van der Waals surface area contributed by atoms with Crippen LogP contribution in [-0.2, 0) is 16.6 Å². The molecule has 0 aliphatic carbocycles. The van der Waals surface area contributed by atoms with E-state index >= 15 is 0 Å². The van der Waals surface area contributed by atoms with Gasteiger partial charge in [0.25, 0.3) is 0 Å². The van der Waals surface area contributed by atoms with Gasteiger partial charge in [0, 0.05) is 25.3 Å². The lowest BCUT2D eigenvalue weighted by molar-refractivity contribution is -0.136. The molecule has 0 spiro atoms. The molecule has 0 saturated carbocycles. The van der Waals surface area contributed by atoms with Crippen molar-refractivity contribution in [2.45, 2.75) is 6.10 Å². The van der Waals surface area contributed by atoms with Crippen molar-refractivity contribution < 1.29 is 19.1 Å². The monoisotopic (exact) mass is 355 g/mol. The van der Waals surface area contributed by atoms with E-state index in [-0.39, 0.29) is 12.2 Å². The molecule has 0 saturated heterocycles. The van der Waals surface area contributed by atoms with Gasteiger partial charge in [0.2, 0.25) is 0 Å². The van der Waals surface area contributed by atoms with Gasteiger partial charge in [-0.15, -0.1) is 0 Å². The Morgan fingerprint density at radius 2 is 1.92 bits per heavy atom. The Morgan fingerprint density at radius 1 is 1.15 bits per heavy atom. The van der Waals surface area contributed by atoms with Crippen LogP contribution in [0.15, 0.2) is 54.7 Å². The standard InChI is InChI=1S/C19H18FN3O3/c1-23-9-8-12-10-13(6-7-16(12)23)17(24)11-21-18(25)19(26)22-15-5-3-2-4-14(15)20/h2-10,17,24H,11H2,1H3,(H,21,25)(H,22,26). The number of anilines is 1. The number of rotatable bonds is 4. The number of nitrogens with one attached hydrogen (secondary N) is 2. The summed E-state index contributed by atoms with van der Waals surface area (Å²) in [7, 11) is 1.92. The Kier molecular flexibility index (Phi) is 4.99. The molecule has 2 amide bonds. The smallest absolute Gasteiger partial charge is 0.313 e. The molecule has 3 rings (SSSR count). The normalized spacial score (nSPS) is 12.0. The quantitative estimate of drug-likeness (QED) is 0.627. The minimum Gasteiger partial charge on any atom is -0.387 e. The first-order valence-corrected chi connectivity index (χ1v) is 8.02. The van der Waals surface area contributed by atoms with Gasteiger partial charge in [-0.25, -0.2) is 4.39 Å². The lowest BCUT2D eigenvalue weighted by Gasteiger charge is -2.13. The van der Waals surface area contributed by atoms with Crippen LogP contribution in [0, 0.1) is 5.82 Å².